The number of amides is 1. The quantitative estimate of drug-likeness (QED) is 0.744. The Morgan fingerprint density at radius 1 is 1.18 bits per heavy atom. The summed E-state index contributed by atoms with van der Waals surface area (Å²) in [6, 6.07) is 8.08. The summed E-state index contributed by atoms with van der Waals surface area (Å²) in [5.41, 5.74) is 1.23. The molecule has 1 atom stereocenters. The maximum Gasteiger partial charge on any atom is 0.235 e. The number of likely N-dealkylation sites (tertiary alicyclic amines) is 1. The van der Waals surface area contributed by atoms with Crippen LogP contribution in [0.15, 0.2) is 24.3 Å². The average molecular weight is 321 g/mol. The van der Waals surface area contributed by atoms with Gasteiger partial charge in [-0.25, -0.2) is 0 Å². The van der Waals surface area contributed by atoms with Gasteiger partial charge in [-0.2, -0.15) is 0 Å². The molecular formula is C18H27NO2S. The van der Waals surface area contributed by atoms with Crippen molar-refractivity contribution in [1.29, 1.82) is 0 Å². The van der Waals surface area contributed by atoms with Crippen molar-refractivity contribution in [1.82, 2.24) is 4.90 Å². The second-order valence-corrected chi connectivity index (χ2v) is 7.36. The SMILES string of the molecule is Cc1ccc(OCCSC(C)C(=O)N2CCCCCC2)cc1. The lowest BCUT2D eigenvalue weighted by Crippen LogP contribution is -2.37. The molecule has 1 unspecified atom stereocenters. The highest BCUT2D eigenvalue weighted by Gasteiger charge is 2.21. The summed E-state index contributed by atoms with van der Waals surface area (Å²) in [6.07, 6.45) is 4.82. The number of carbonyl (C=O) groups excluding carboxylic acids is 1. The molecule has 3 nitrogen and oxygen atoms in total. The Morgan fingerprint density at radius 3 is 2.45 bits per heavy atom. The van der Waals surface area contributed by atoms with Crippen LogP contribution >= 0.6 is 11.8 Å². The molecule has 122 valence electrons. The molecule has 1 aliphatic heterocycles. The van der Waals surface area contributed by atoms with Crippen LogP contribution in [-0.4, -0.2) is 41.5 Å². The number of carbonyl (C=O) groups is 1. The Labute approximate surface area is 138 Å². The largest absolute Gasteiger partial charge is 0.493 e. The van der Waals surface area contributed by atoms with Gasteiger partial charge in [-0.1, -0.05) is 30.5 Å². The van der Waals surface area contributed by atoms with Crippen molar-refractivity contribution in [3.05, 3.63) is 29.8 Å². The first-order chi connectivity index (χ1) is 10.7. The molecule has 1 heterocycles. The zero-order chi connectivity index (χ0) is 15.8. The molecule has 0 bridgehead atoms. The number of benzene rings is 1. The predicted octanol–water partition coefficient (Wildman–Crippen LogP) is 3.90. The second-order valence-electron chi connectivity index (χ2n) is 5.91. The van der Waals surface area contributed by atoms with Crippen molar-refractivity contribution in [2.75, 3.05) is 25.4 Å². The number of ether oxygens (including phenoxy) is 1. The van der Waals surface area contributed by atoms with E-state index in [-0.39, 0.29) is 5.25 Å². The smallest absolute Gasteiger partial charge is 0.235 e. The Kier molecular flexibility index (Phi) is 7.10. The fraction of sp³-hybridized carbons (Fsp3) is 0.611. The molecule has 0 radical (unpaired) electrons. The van der Waals surface area contributed by atoms with E-state index in [1.165, 1.54) is 18.4 Å². The number of nitrogens with zero attached hydrogens (tertiary/aromatic N) is 1. The molecule has 0 aromatic heterocycles. The van der Waals surface area contributed by atoms with E-state index in [1.807, 2.05) is 36.1 Å². The van der Waals surface area contributed by atoms with Gasteiger partial charge in [0.2, 0.25) is 5.91 Å². The molecule has 2 rings (SSSR count). The normalized spacial score (nSPS) is 16.9. The zero-order valence-electron chi connectivity index (χ0n) is 13.7. The third-order valence-corrected chi connectivity index (χ3v) is 5.11. The number of rotatable bonds is 6. The maximum atomic E-state index is 12.4. The molecule has 0 saturated carbocycles. The van der Waals surface area contributed by atoms with Crippen molar-refractivity contribution in [2.24, 2.45) is 0 Å². The van der Waals surface area contributed by atoms with Crippen LogP contribution in [0.5, 0.6) is 5.75 Å². The van der Waals surface area contributed by atoms with E-state index in [0.29, 0.717) is 12.5 Å². The van der Waals surface area contributed by atoms with Crippen LogP contribution in [0.25, 0.3) is 0 Å². The molecule has 0 spiro atoms. The average Bonchev–Trinajstić information content (AvgIpc) is 2.81. The van der Waals surface area contributed by atoms with E-state index in [2.05, 4.69) is 6.92 Å². The monoisotopic (exact) mass is 321 g/mol. The molecule has 1 aromatic rings. The summed E-state index contributed by atoms with van der Waals surface area (Å²) < 4.78 is 5.71. The van der Waals surface area contributed by atoms with Crippen LogP contribution in [0.3, 0.4) is 0 Å². The molecule has 1 saturated heterocycles. The van der Waals surface area contributed by atoms with Crippen LogP contribution in [-0.2, 0) is 4.79 Å². The lowest BCUT2D eigenvalue weighted by atomic mass is 10.2. The minimum Gasteiger partial charge on any atom is -0.493 e. The zero-order valence-corrected chi connectivity index (χ0v) is 14.5. The van der Waals surface area contributed by atoms with Gasteiger partial charge in [-0.15, -0.1) is 11.8 Å². The van der Waals surface area contributed by atoms with Crippen molar-refractivity contribution in [3.63, 3.8) is 0 Å². The maximum absolute atomic E-state index is 12.4. The third-order valence-electron chi connectivity index (χ3n) is 4.01. The van der Waals surface area contributed by atoms with E-state index in [0.717, 1.165) is 37.4 Å². The molecule has 22 heavy (non-hydrogen) atoms. The first-order valence-corrected chi connectivity index (χ1v) is 9.31. The highest BCUT2D eigenvalue weighted by atomic mass is 32.2. The minimum atomic E-state index is 0.0275. The fourth-order valence-electron chi connectivity index (χ4n) is 2.64. The van der Waals surface area contributed by atoms with Gasteiger partial charge in [0.05, 0.1) is 11.9 Å². The molecular weight excluding hydrogens is 294 g/mol. The summed E-state index contributed by atoms with van der Waals surface area (Å²) in [7, 11) is 0. The molecule has 1 aromatic carbocycles. The Morgan fingerprint density at radius 2 is 1.82 bits per heavy atom. The van der Waals surface area contributed by atoms with Crippen LogP contribution in [0.2, 0.25) is 0 Å². The van der Waals surface area contributed by atoms with Crippen molar-refractivity contribution >= 4 is 17.7 Å². The molecule has 0 aliphatic carbocycles. The highest BCUT2D eigenvalue weighted by Crippen LogP contribution is 2.18. The standard InChI is InChI=1S/C18H27NO2S/c1-15-7-9-17(10-8-15)21-13-14-22-16(2)18(20)19-11-5-3-4-6-12-19/h7-10,16H,3-6,11-14H2,1-2H3. The third kappa shape index (κ3) is 5.56. The lowest BCUT2D eigenvalue weighted by molar-refractivity contribution is -0.130. The van der Waals surface area contributed by atoms with Crippen molar-refractivity contribution in [2.45, 2.75) is 44.8 Å². The highest BCUT2D eigenvalue weighted by molar-refractivity contribution is 8.00. The van der Waals surface area contributed by atoms with Crippen LogP contribution in [0.4, 0.5) is 0 Å². The Bertz CT molecular complexity index is 453. The van der Waals surface area contributed by atoms with Gasteiger partial charge in [-0.3, -0.25) is 4.79 Å². The summed E-state index contributed by atoms with van der Waals surface area (Å²) in [5.74, 6) is 2.04. The number of hydrogen-bond donors (Lipinski definition) is 0. The number of hydrogen-bond acceptors (Lipinski definition) is 3. The summed E-state index contributed by atoms with van der Waals surface area (Å²) in [5, 5.41) is 0.0275. The molecule has 1 fully saturated rings. The van der Waals surface area contributed by atoms with Crippen molar-refractivity contribution in [3.8, 4) is 5.75 Å². The first-order valence-electron chi connectivity index (χ1n) is 8.26. The molecule has 1 amide bonds. The lowest BCUT2D eigenvalue weighted by Gasteiger charge is -2.23. The van der Waals surface area contributed by atoms with E-state index in [9.17, 15) is 4.79 Å². The van der Waals surface area contributed by atoms with Gasteiger partial charge in [0.1, 0.15) is 5.75 Å². The topological polar surface area (TPSA) is 29.5 Å². The minimum absolute atomic E-state index is 0.0275. The van der Waals surface area contributed by atoms with Gasteiger partial charge in [0.15, 0.2) is 0 Å². The summed E-state index contributed by atoms with van der Waals surface area (Å²) >= 11 is 1.69. The van der Waals surface area contributed by atoms with Gasteiger partial charge in [-0.05, 0) is 38.8 Å². The first kappa shape index (κ1) is 17.2. The summed E-state index contributed by atoms with van der Waals surface area (Å²) in [4.78, 5) is 14.5. The summed E-state index contributed by atoms with van der Waals surface area (Å²) in [6.45, 7) is 6.60. The van der Waals surface area contributed by atoms with E-state index in [1.54, 1.807) is 11.8 Å². The fourth-order valence-corrected chi connectivity index (χ4v) is 3.46. The van der Waals surface area contributed by atoms with Crippen LogP contribution in [0, 0.1) is 6.92 Å². The predicted molar refractivity (Wildman–Crippen MR) is 93.6 cm³/mol. The van der Waals surface area contributed by atoms with Crippen molar-refractivity contribution < 1.29 is 9.53 Å². The van der Waals surface area contributed by atoms with E-state index < -0.39 is 0 Å². The molecule has 4 heteroatoms. The Balaban J connectivity index is 1.67. The number of thioether (sulfide) groups is 1. The van der Waals surface area contributed by atoms with Gasteiger partial charge >= 0.3 is 0 Å². The molecule has 1 aliphatic rings. The second kappa shape index (κ2) is 9.09. The van der Waals surface area contributed by atoms with E-state index in [4.69, 9.17) is 4.74 Å². The van der Waals surface area contributed by atoms with Gasteiger partial charge < -0.3 is 9.64 Å². The number of aryl methyl sites for hydroxylation is 1. The van der Waals surface area contributed by atoms with Gasteiger partial charge in [0.25, 0.3) is 0 Å². The van der Waals surface area contributed by atoms with E-state index >= 15 is 0 Å². The molecule has 0 N–H and O–H groups in total. The Hall–Kier alpha value is -1.16. The van der Waals surface area contributed by atoms with Gasteiger partial charge in [0, 0.05) is 18.8 Å². The van der Waals surface area contributed by atoms with Crippen LogP contribution < -0.4 is 4.74 Å². The van der Waals surface area contributed by atoms with Crippen LogP contribution in [0.1, 0.15) is 38.2 Å².